The molecule has 6 nitrogen and oxygen atoms in total. The highest BCUT2D eigenvalue weighted by molar-refractivity contribution is 5.93. The number of aryl methyl sites for hydroxylation is 1. The van der Waals surface area contributed by atoms with Crippen LogP contribution in [-0.2, 0) is 11.8 Å². The average Bonchev–Trinajstić information content (AvgIpc) is 2.27. The maximum atomic E-state index is 11.6. The van der Waals surface area contributed by atoms with Crippen LogP contribution in [0.5, 0.6) is 0 Å². The molecule has 0 aliphatic heterocycles. The molecule has 6 heteroatoms. The van der Waals surface area contributed by atoms with Crippen LogP contribution in [0.2, 0.25) is 0 Å². The molecule has 0 saturated heterocycles. The van der Waals surface area contributed by atoms with Gasteiger partial charge in [-0.05, 0) is 12.5 Å². The molecular weight excluding hydrogens is 224 g/mol. The zero-order valence-corrected chi connectivity index (χ0v) is 9.47. The van der Waals surface area contributed by atoms with Crippen molar-refractivity contribution in [3.63, 3.8) is 0 Å². The van der Waals surface area contributed by atoms with Crippen LogP contribution in [-0.4, -0.2) is 28.1 Å². The van der Waals surface area contributed by atoms with Crippen molar-refractivity contribution < 1.29 is 14.7 Å². The summed E-state index contributed by atoms with van der Waals surface area (Å²) in [4.78, 5) is 32.9. The molecule has 1 heterocycles. The van der Waals surface area contributed by atoms with E-state index in [0.717, 1.165) is 0 Å². The van der Waals surface area contributed by atoms with Gasteiger partial charge in [-0.3, -0.25) is 14.4 Å². The van der Waals surface area contributed by atoms with Gasteiger partial charge in [-0.2, -0.15) is 0 Å². The van der Waals surface area contributed by atoms with Crippen molar-refractivity contribution in [1.29, 1.82) is 0 Å². The number of carboxylic acid groups (broad SMARTS) is 1. The van der Waals surface area contributed by atoms with Crippen molar-refractivity contribution in [1.82, 2.24) is 9.88 Å². The summed E-state index contributed by atoms with van der Waals surface area (Å²) in [7, 11) is 1.56. The van der Waals surface area contributed by atoms with Crippen LogP contribution < -0.4 is 10.9 Å². The number of amides is 1. The van der Waals surface area contributed by atoms with E-state index in [4.69, 9.17) is 5.11 Å². The number of hydrogen-bond donors (Lipinski definition) is 2. The molecule has 0 radical (unpaired) electrons. The van der Waals surface area contributed by atoms with Crippen molar-refractivity contribution in [2.24, 2.45) is 7.05 Å². The predicted octanol–water partition coefficient (Wildman–Crippen LogP) is -0.0201. The van der Waals surface area contributed by atoms with Gasteiger partial charge in [0.2, 0.25) is 5.56 Å². The van der Waals surface area contributed by atoms with Gasteiger partial charge in [0.1, 0.15) is 0 Å². The van der Waals surface area contributed by atoms with E-state index in [0.29, 0.717) is 18.5 Å². The van der Waals surface area contributed by atoms with Crippen molar-refractivity contribution in [2.45, 2.75) is 12.8 Å². The first-order valence-corrected chi connectivity index (χ1v) is 5.17. The van der Waals surface area contributed by atoms with E-state index >= 15 is 0 Å². The van der Waals surface area contributed by atoms with Crippen molar-refractivity contribution in [3.8, 4) is 0 Å². The van der Waals surface area contributed by atoms with Crippen LogP contribution in [0.3, 0.4) is 0 Å². The predicted molar refractivity (Wildman–Crippen MR) is 60.9 cm³/mol. The largest absolute Gasteiger partial charge is 0.481 e. The molecule has 0 atom stereocenters. The number of nitrogens with zero attached hydrogens (tertiary/aromatic N) is 1. The number of pyridine rings is 1. The molecule has 17 heavy (non-hydrogen) atoms. The molecular formula is C11H14N2O4. The Morgan fingerprint density at radius 1 is 1.41 bits per heavy atom. The number of aromatic nitrogens is 1. The second kappa shape index (κ2) is 5.83. The first-order valence-electron chi connectivity index (χ1n) is 5.17. The van der Waals surface area contributed by atoms with Crippen molar-refractivity contribution in [2.75, 3.05) is 6.54 Å². The third kappa shape index (κ3) is 4.10. The molecule has 0 aliphatic carbocycles. The highest BCUT2D eigenvalue weighted by Gasteiger charge is 2.06. The Hall–Kier alpha value is -2.11. The van der Waals surface area contributed by atoms with Crippen LogP contribution in [0.25, 0.3) is 0 Å². The Morgan fingerprint density at radius 3 is 2.71 bits per heavy atom. The number of nitrogens with one attached hydrogen (secondary N) is 1. The number of carboxylic acids is 1. The number of rotatable bonds is 5. The molecule has 2 N–H and O–H groups in total. The van der Waals surface area contributed by atoms with Gasteiger partial charge in [0, 0.05) is 32.3 Å². The van der Waals surface area contributed by atoms with Crippen molar-refractivity contribution >= 4 is 11.9 Å². The lowest BCUT2D eigenvalue weighted by Gasteiger charge is -2.05. The third-order valence-corrected chi connectivity index (χ3v) is 2.20. The van der Waals surface area contributed by atoms with Crippen molar-refractivity contribution in [3.05, 3.63) is 34.2 Å². The molecule has 0 fully saturated rings. The molecule has 1 aromatic rings. The lowest BCUT2D eigenvalue weighted by atomic mass is 10.2. The number of hydrogen-bond acceptors (Lipinski definition) is 3. The van der Waals surface area contributed by atoms with Crippen LogP contribution in [0.4, 0.5) is 0 Å². The van der Waals surface area contributed by atoms with Gasteiger partial charge in [0.25, 0.3) is 5.91 Å². The number of aliphatic carboxylic acids is 1. The minimum Gasteiger partial charge on any atom is -0.481 e. The van der Waals surface area contributed by atoms with Gasteiger partial charge in [-0.1, -0.05) is 0 Å². The van der Waals surface area contributed by atoms with Gasteiger partial charge in [-0.15, -0.1) is 0 Å². The number of carbonyl (C=O) groups is 2. The molecule has 0 aliphatic rings. The molecule has 0 unspecified atom stereocenters. The molecule has 1 aromatic heterocycles. The minimum absolute atomic E-state index is 0.0214. The molecule has 0 spiro atoms. The van der Waals surface area contributed by atoms with E-state index in [-0.39, 0.29) is 17.9 Å². The molecule has 0 bridgehead atoms. The van der Waals surface area contributed by atoms with E-state index in [2.05, 4.69) is 5.32 Å². The second-order valence-electron chi connectivity index (χ2n) is 3.62. The van der Waals surface area contributed by atoms with Gasteiger partial charge in [0.15, 0.2) is 0 Å². The summed E-state index contributed by atoms with van der Waals surface area (Å²) in [6, 6.07) is 2.75. The summed E-state index contributed by atoms with van der Waals surface area (Å²) in [5, 5.41) is 11.0. The lowest BCUT2D eigenvalue weighted by molar-refractivity contribution is -0.137. The summed E-state index contributed by atoms with van der Waals surface area (Å²) >= 11 is 0. The first-order chi connectivity index (χ1) is 8.00. The fourth-order valence-electron chi connectivity index (χ4n) is 1.27. The van der Waals surface area contributed by atoms with E-state index in [1.54, 1.807) is 7.05 Å². The van der Waals surface area contributed by atoms with Crippen LogP contribution >= 0.6 is 0 Å². The van der Waals surface area contributed by atoms with E-state index in [9.17, 15) is 14.4 Å². The van der Waals surface area contributed by atoms with Gasteiger partial charge >= 0.3 is 5.97 Å². The Kier molecular flexibility index (Phi) is 4.45. The minimum atomic E-state index is -0.888. The first kappa shape index (κ1) is 13.0. The van der Waals surface area contributed by atoms with Crippen LogP contribution in [0.15, 0.2) is 23.1 Å². The zero-order valence-electron chi connectivity index (χ0n) is 9.47. The molecule has 1 amide bonds. The second-order valence-corrected chi connectivity index (χ2v) is 3.62. The quantitative estimate of drug-likeness (QED) is 0.705. The van der Waals surface area contributed by atoms with Crippen LogP contribution in [0.1, 0.15) is 23.2 Å². The van der Waals surface area contributed by atoms with Gasteiger partial charge < -0.3 is 15.0 Å². The molecule has 0 aromatic carbocycles. The monoisotopic (exact) mass is 238 g/mol. The fraction of sp³-hybridized carbons (Fsp3) is 0.364. The van der Waals surface area contributed by atoms with Crippen LogP contribution in [0, 0.1) is 0 Å². The van der Waals surface area contributed by atoms with E-state index in [1.165, 1.54) is 22.9 Å². The number of carbonyl (C=O) groups excluding carboxylic acids is 1. The molecule has 92 valence electrons. The average molecular weight is 238 g/mol. The summed E-state index contributed by atoms with van der Waals surface area (Å²) in [6.07, 6.45) is 1.84. The normalized spacial score (nSPS) is 9.94. The van der Waals surface area contributed by atoms with Gasteiger partial charge in [-0.25, -0.2) is 0 Å². The summed E-state index contributed by atoms with van der Waals surface area (Å²) < 4.78 is 1.31. The molecule has 0 saturated carbocycles. The zero-order chi connectivity index (χ0) is 12.8. The maximum Gasteiger partial charge on any atom is 0.303 e. The van der Waals surface area contributed by atoms with E-state index in [1.807, 2.05) is 0 Å². The Morgan fingerprint density at radius 2 is 2.12 bits per heavy atom. The highest BCUT2D eigenvalue weighted by Crippen LogP contribution is 1.95. The fourth-order valence-corrected chi connectivity index (χ4v) is 1.27. The summed E-state index contributed by atoms with van der Waals surface area (Å²) in [5.41, 5.74) is 0.190. The Balaban J connectivity index is 2.50. The molecule has 1 rings (SSSR count). The standard InChI is InChI=1S/C11H14N2O4/c1-13-7-8(4-5-9(13)14)11(17)12-6-2-3-10(15)16/h4-5,7H,2-3,6H2,1H3,(H,12,17)(H,15,16). The van der Waals surface area contributed by atoms with Gasteiger partial charge in [0.05, 0.1) is 5.56 Å². The smallest absolute Gasteiger partial charge is 0.303 e. The SMILES string of the molecule is Cn1cc(C(=O)NCCCC(=O)O)ccc1=O. The summed E-state index contributed by atoms with van der Waals surface area (Å²) in [5.74, 6) is -1.20. The topological polar surface area (TPSA) is 88.4 Å². The summed E-state index contributed by atoms with van der Waals surface area (Å²) in [6.45, 7) is 0.300. The maximum absolute atomic E-state index is 11.6. The highest BCUT2D eigenvalue weighted by atomic mass is 16.4. The lowest BCUT2D eigenvalue weighted by Crippen LogP contribution is -2.26. The van der Waals surface area contributed by atoms with E-state index < -0.39 is 5.97 Å². The Labute approximate surface area is 97.9 Å². The Bertz CT molecular complexity index is 479. The third-order valence-electron chi connectivity index (χ3n) is 2.20.